The molecule has 0 aliphatic rings. The van der Waals surface area contributed by atoms with Gasteiger partial charge in [0.25, 0.3) is 0 Å². The Hall–Kier alpha value is -1.55. The summed E-state index contributed by atoms with van der Waals surface area (Å²) in [7, 11) is 3.53. The number of nitrogens with zero attached hydrogens (tertiary/aromatic N) is 1. The molecule has 0 heterocycles. The Labute approximate surface area is 109 Å². The fourth-order valence-electron chi connectivity index (χ4n) is 1.57. The monoisotopic (exact) mass is 250 g/mol. The first-order chi connectivity index (χ1) is 8.61. The van der Waals surface area contributed by atoms with Crippen molar-refractivity contribution in [3.05, 3.63) is 30.3 Å². The summed E-state index contributed by atoms with van der Waals surface area (Å²) in [5.74, 6) is 0.980. The van der Waals surface area contributed by atoms with E-state index in [0.29, 0.717) is 6.61 Å². The van der Waals surface area contributed by atoms with Crippen molar-refractivity contribution in [3.8, 4) is 5.75 Å². The van der Waals surface area contributed by atoms with Gasteiger partial charge in [-0.05, 0) is 32.0 Å². The second-order valence-corrected chi connectivity index (χ2v) is 4.42. The van der Waals surface area contributed by atoms with E-state index in [1.54, 1.807) is 19.0 Å². The average molecular weight is 250 g/mol. The van der Waals surface area contributed by atoms with Gasteiger partial charge in [0.05, 0.1) is 12.6 Å². The molecule has 0 saturated carbocycles. The third kappa shape index (κ3) is 5.19. The zero-order valence-electron chi connectivity index (χ0n) is 11.3. The van der Waals surface area contributed by atoms with E-state index in [1.807, 2.05) is 37.3 Å². The Morgan fingerprint density at radius 1 is 1.33 bits per heavy atom. The van der Waals surface area contributed by atoms with Crippen LogP contribution in [-0.2, 0) is 4.79 Å². The first-order valence-electron chi connectivity index (χ1n) is 6.23. The SMILES string of the molecule is CC(NCCCOc1ccccc1)C(=O)N(C)C. The predicted molar refractivity (Wildman–Crippen MR) is 72.7 cm³/mol. The van der Waals surface area contributed by atoms with Crippen LogP contribution in [0.1, 0.15) is 13.3 Å². The van der Waals surface area contributed by atoms with E-state index in [4.69, 9.17) is 4.74 Å². The molecule has 0 bridgehead atoms. The third-order valence-corrected chi connectivity index (χ3v) is 2.59. The van der Waals surface area contributed by atoms with Crippen molar-refractivity contribution < 1.29 is 9.53 Å². The van der Waals surface area contributed by atoms with Crippen molar-refractivity contribution in [1.29, 1.82) is 0 Å². The van der Waals surface area contributed by atoms with Gasteiger partial charge >= 0.3 is 0 Å². The van der Waals surface area contributed by atoms with E-state index >= 15 is 0 Å². The van der Waals surface area contributed by atoms with Crippen LogP contribution in [0.4, 0.5) is 0 Å². The number of rotatable bonds is 7. The standard InChI is InChI=1S/C14H22N2O2/c1-12(14(17)16(2)3)15-10-7-11-18-13-8-5-4-6-9-13/h4-6,8-9,12,15H,7,10-11H2,1-3H3. The van der Waals surface area contributed by atoms with Gasteiger partial charge in [0.1, 0.15) is 5.75 Å². The smallest absolute Gasteiger partial charge is 0.238 e. The molecule has 18 heavy (non-hydrogen) atoms. The molecule has 0 fully saturated rings. The van der Waals surface area contributed by atoms with Crippen molar-refractivity contribution in [3.63, 3.8) is 0 Å². The molecule has 1 aromatic carbocycles. The van der Waals surface area contributed by atoms with Crippen molar-refractivity contribution in [2.45, 2.75) is 19.4 Å². The van der Waals surface area contributed by atoms with Crippen LogP contribution in [-0.4, -0.2) is 44.1 Å². The molecule has 4 nitrogen and oxygen atoms in total. The zero-order valence-corrected chi connectivity index (χ0v) is 11.3. The lowest BCUT2D eigenvalue weighted by Crippen LogP contribution is -2.42. The summed E-state index contributed by atoms with van der Waals surface area (Å²) in [6.45, 7) is 3.30. The van der Waals surface area contributed by atoms with Crippen molar-refractivity contribution in [2.75, 3.05) is 27.2 Å². The van der Waals surface area contributed by atoms with Crippen LogP contribution in [0.2, 0.25) is 0 Å². The average Bonchev–Trinajstić information content (AvgIpc) is 2.38. The molecule has 1 unspecified atom stereocenters. The third-order valence-electron chi connectivity index (χ3n) is 2.59. The Balaban J connectivity index is 2.10. The van der Waals surface area contributed by atoms with Crippen LogP contribution in [0, 0.1) is 0 Å². The molecule has 0 radical (unpaired) electrons. The van der Waals surface area contributed by atoms with Crippen LogP contribution in [0.15, 0.2) is 30.3 Å². The Morgan fingerprint density at radius 3 is 2.61 bits per heavy atom. The summed E-state index contributed by atoms with van der Waals surface area (Å²) in [5, 5.41) is 3.18. The van der Waals surface area contributed by atoms with Gasteiger partial charge in [0.2, 0.25) is 5.91 Å². The summed E-state index contributed by atoms with van der Waals surface area (Å²) >= 11 is 0. The molecule has 0 aliphatic carbocycles. The molecule has 1 aromatic rings. The second-order valence-electron chi connectivity index (χ2n) is 4.42. The highest BCUT2D eigenvalue weighted by Gasteiger charge is 2.12. The Morgan fingerprint density at radius 2 is 2.00 bits per heavy atom. The summed E-state index contributed by atoms with van der Waals surface area (Å²) in [6, 6.07) is 9.59. The molecule has 1 N–H and O–H groups in total. The molecule has 100 valence electrons. The lowest BCUT2D eigenvalue weighted by molar-refractivity contribution is -0.130. The molecule has 0 spiro atoms. The zero-order chi connectivity index (χ0) is 13.4. The molecule has 4 heteroatoms. The maximum atomic E-state index is 11.6. The molecule has 1 atom stereocenters. The number of para-hydroxylation sites is 1. The van der Waals surface area contributed by atoms with Gasteiger partial charge in [0, 0.05) is 14.1 Å². The van der Waals surface area contributed by atoms with E-state index in [-0.39, 0.29) is 11.9 Å². The quantitative estimate of drug-likeness (QED) is 0.746. The molecular formula is C14H22N2O2. The minimum absolute atomic E-state index is 0.0963. The van der Waals surface area contributed by atoms with Gasteiger partial charge in [-0.25, -0.2) is 0 Å². The Kier molecular flexibility index (Phi) is 6.22. The van der Waals surface area contributed by atoms with Crippen LogP contribution in [0.25, 0.3) is 0 Å². The fourth-order valence-corrected chi connectivity index (χ4v) is 1.57. The number of hydrogen-bond acceptors (Lipinski definition) is 3. The summed E-state index contributed by atoms with van der Waals surface area (Å²) in [6.07, 6.45) is 0.875. The minimum atomic E-state index is -0.142. The minimum Gasteiger partial charge on any atom is -0.494 e. The number of amides is 1. The van der Waals surface area contributed by atoms with Crippen molar-refractivity contribution >= 4 is 5.91 Å². The highest BCUT2D eigenvalue weighted by molar-refractivity contribution is 5.80. The summed E-state index contributed by atoms with van der Waals surface area (Å²) in [4.78, 5) is 13.2. The molecular weight excluding hydrogens is 228 g/mol. The van der Waals surface area contributed by atoms with Crippen LogP contribution >= 0.6 is 0 Å². The van der Waals surface area contributed by atoms with Crippen LogP contribution in [0.3, 0.4) is 0 Å². The number of hydrogen-bond donors (Lipinski definition) is 1. The highest BCUT2D eigenvalue weighted by atomic mass is 16.5. The van der Waals surface area contributed by atoms with Crippen molar-refractivity contribution in [1.82, 2.24) is 10.2 Å². The summed E-state index contributed by atoms with van der Waals surface area (Å²) in [5.41, 5.74) is 0. The van der Waals surface area contributed by atoms with E-state index in [0.717, 1.165) is 18.7 Å². The van der Waals surface area contributed by atoms with Gasteiger partial charge in [-0.2, -0.15) is 0 Å². The number of carbonyl (C=O) groups is 1. The van der Waals surface area contributed by atoms with Crippen LogP contribution in [0.5, 0.6) is 5.75 Å². The van der Waals surface area contributed by atoms with E-state index in [9.17, 15) is 4.79 Å². The molecule has 1 amide bonds. The van der Waals surface area contributed by atoms with Gasteiger partial charge < -0.3 is 15.0 Å². The molecule has 0 saturated heterocycles. The van der Waals surface area contributed by atoms with E-state index in [1.165, 1.54) is 0 Å². The predicted octanol–water partition coefficient (Wildman–Crippen LogP) is 1.52. The van der Waals surface area contributed by atoms with Gasteiger partial charge in [-0.3, -0.25) is 4.79 Å². The maximum absolute atomic E-state index is 11.6. The number of benzene rings is 1. The molecule has 1 rings (SSSR count). The topological polar surface area (TPSA) is 41.6 Å². The Bertz CT molecular complexity index is 352. The lowest BCUT2D eigenvalue weighted by atomic mass is 10.3. The van der Waals surface area contributed by atoms with Gasteiger partial charge in [-0.15, -0.1) is 0 Å². The first-order valence-corrected chi connectivity index (χ1v) is 6.23. The fraction of sp³-hybridized carbons (Fsp3) is 0.500. The normalized spacial score (nSPS) is 11.9. The van der Waals surface area contributed by atoms with E-state index in [2.05, 4.69) is 5.32 Å². The maximum Gasteiger partial charge on any atom is 0.238 e. The molecule has 0 aromatic heterocycles. The lowest BCUT2D eigenvalue weighted by Gasteiger charge is -2.17. The number of carbonyl (C=O) groups excluding carboxylic acids is 1. The van der Waals surface area contributed by atoms with Crippen molar-refractivity contribution in [2.24, 2.45) is 0 Å². The van der Waals surface area contributed by atoms with E-state index < -0.39 is 0 Å². The first kappa shape index (κ1) is 14.5. The van der Waals surface area contributed by atoms with Gasteiger partial charge in [0.15, 0.2) is 0 Å². The van der Waals surface area contributed by atoms with Gasteiger partial charge in [-0.1, -0.05) is 18.2 Å². The van der Waals surface area contributed by atoms with Crippen LogP contribution < -0.4 is 10.1 Å². The molecule has 0 aliphatic heterocycles. The highest BCUT2D eigenvalue weighted by Crippen LogP contribution is 2.08. The second kappa shape index (κ2) is 7.71. The summed E-state index contributed by atoms with van der Waals surface area (Å²) < 4.78 is 5.56. The number of nitrogens with one attached hydrogen (secondary N) is 1. The largest absolute Gasteiger partial charge is 0.494 e. The number of likely N-dealkylation sites (N-methyl/N-ethyl adjacent to an activating group) is 1. The number of ether oxygens (including phenoxy) is 1.